The van der Waals surface area contributed by atoms with Gasteiger partial charge in [0, 0.05) is 25.4 Å². The number of hydrogen-bond acceptors (Lipinski definition) is 2. The first kappa shape index (κ1) is 16.6. The minimum Gasteiger partial charge on any atom is -0.393 e. The maximum atomic E-state index is 12.2. The molecule has 1 aromatic rings. The van der Waals surface area contributed by atoms with E-state index in [4.69, 9.17) is 18.0 Å². The van der Waals surface area contributed by atoms with Gasteiger partial charge in [0.25, 0.3) is 0 Å². The van der Waals surface area contributed by atoms with E-state index in [1.807, 2.05) is 18.7 Å². The van der Waals surface area contributed by atoms with E-state index >= 15 is 0 Å². The molecule has 0 spiro atoms. The number of thiocarbonyl (C=S) groups is 1. The van der Waals surface area contributed by atoms with Crippen molar-refractivity contribution in [1.82, 2.24) is 4.90 Å². The highest BCUT2D eigenvalue weighted by Gasteiger charge is 2.16. The van der Waals surface area contributed by atoms with Crippen LogP contribution >= 0.6 is 12.2 Å². The number of rotatable bonds is 7. The molecule has 2 N–H and O–H groups in total. The highest BCUT2D eigenvalue weighted by molar-refractivity contribution is 7.80. The standard InChI is InChI=1S/C16H24N2OS/c1-4-18(11-13(3)16(17)20)15(19)10-9-14-7-5-12(2)6-8-14/h5-8,13H,4,9-11H2,1-3H3,(H2,17,20). The van der Waals surface area contributed by atoms with Gasteiger partial charge in [0.2, 0.25) is 5.91 Å². The molecule has 110 valence electrons. The molecule has 0 saturated heterocycles. The summed E-state index contributed by atoms with van der Waals surface area (Å²) < 4.78 is 0. The van der Waals surface area contributed by atoms with Gasteiger partial charge in [0.05, 0.1) is 4.99 Å². The number of aryl methyl sites for hydroxylation is 2. The molecule has 0 radical (unpaired) electrons. The van der Waals surface area contributed by atoms with Crippen molar-refractivity contribution in [2.24, 2.45) is 11.7 Å². The molecule has 4 heteroatoms. The van der Waals surface area contributed by atoms with Crippen LogP contribution in [-0.4, -0.2) is 28.9 Å². The van der Waals surface area contributed by atoms with E-state index < -0.39 is 0 Å². The number of nitrogens with zero attached hydrogens (tertiary/aromatic N) is 1. The van der Waals surface area contributed by atoms with Gasteiger partial charge in [-0.05, 0) is 25.8 Å². The zero-order valence-electron chi connectivity index (χ0n) is 12.6. The lowest BCUT2D eigenvalue weighted by Crippen LogP contribution is -2.38. The van der Waals surface area contributed by atoms with Crippen LogP contribution in [0.1, 0.15) is 31.4 Å². The molecule has 0 aliphatic carbocycles. The van der Waals surface area contributed by atoms with Gasteiger partial charge in [-0.25, -0.2) is 0 Å². The van der Waals surface area contributed by atoms with Crippen LogP contribution in [0.3, 0.4) is 0 Å². The van der Waals surface area contributed by atoms with Crippen molar-refractivity contribution in [2.45, 2.75) is 33.6 Å². The summed E-state index contributed by atoms with van der Waals surface area (Å²) in [7, 11) is 0. The maximum absolute atomic E-state index is 12.2. The van der Waals surface area contributed by atoms with Gasteiger partial charge in [-0.15, -0.1) is 0 Å². The van der Waals surface area contributed by atoms with Crippen LogP contribution in [0.2, 0.25) is 0 Å². The molecule has 20 heavy (non-hydrogen) atoms. The van der Waals surface area contributed by atoms with Crippen molar-refractivity contribution >= 4 is 23.1 Å². The van der Waals surface area contributed by atoms with Gasteiger partial charge in [-0.2, -0.15) is 0 Å². The second-order valence-corrected chi connectivity index (χ2v) is 5.69. The van der Waals surface area contributed by atoms with Gasteiger partial charge >= 0.3 is 0 Å². The lowest BCUT2D eigenvalue weighted by Gasteiger charge is -2.24. The molecule has 1 unspecified atom stereocenters. The van der Waals surface area contributed by atoms with Crippen molar-refractivity contribution in [3.8, 4) is 0 Å². The summed E-state index contributed by atoms with van der Waals surface area (Å²) in [4.78, 5) is 14.5. The van der Waals surface area contributed by atoms with Crippen LogP contribution in [0.15, 0.2) is 24.3 Å². The van der Waals surface area contributed by atoms with Crippen LogP contribution < -0.4 is 5.73 Å². The van der Waals surface area contributed by atoms with Crippen LogP contribution in [0.25, 0.3) is 0 Å². The molecule has 0 aliphatic rings. The highest BCUT2D eigenvalue weighted by Crippen LogP contribution is 2.09. The second-order valence-electron chi connectivity index (χ2n) is 5.22. The van der Waals surface area contributed by atoms with E-state index in [9.17, 15) is 4.79 Å². The van der Waals surface area contributed by atoms with Gasteiger partial charge in [-0.3, -0.25) is 4.79 Å². The summed E-state index contributed by atoms with van der Waals surface area (Å²) in [6.07, 6.45) is 1.30. The van der Waals surface area contributed by atoms with E-state index in [-0.39, 0.29) is 11.8 Å². The maximum Gasteiger partial charge on any atom is 0.222 e. The lowest BCUT2D eigenvalue weighted by atomic mass is 10.1. The third-order valence-electron chi connectivity index (χ3n) is 3.46. The Morgan fingerprint density at radius 3 is 2.45 bits per heavy atom. The topological polar surface area (TPSA) is 46.3 Å². The Bertz CT molecular complexity index is 456. The molecule has 3 nitrogen and oxygen atoms in total. The zero-order valence-corrected chi connectivity index (χ0v) is 13.4. The van der Waals surface area contributed by atoms with Gasteiger partial charge in [0.15, 0.2) is 0 Å². The summed E-state index contributed by atoms with van der Waals surface area (Å²) in [5.74, 6) is 0.226. The molecular formula is C16H24N2OS. The highest BCUT2D eigenvalue weighted by atomic mass is 32.1. The molecule has 1 amide bonds. The van der Waals surface area contributed by atoms with E-state index in [1.54, 1.807) is 0 Å². The summed E-state index contributed by atoms with van der Waals surface area (Å²) in [6.45, 7) is 7.30. The third kappa shape index (κ3) is 5.29. The molecule has 0 aliphatic heterocycles. The van der Waals surface area contributed by atoms with Crippen molar-refractivity contribution in [2.75, 3.05) is 13.1 Å². The minimum atomic E-state index is 0.0632. The smallest absolute Gasteiger partial charge is 0.222 e. The van der Waals surface area contributed by atoms with E-state index in [0.717, 1.165) is 6.42 Å². The Labute approximate surface area is 127 Å². The molecule has 0 saturated carbocycles. The largest absolute Gasteiger partial charge is 0.393 e. The van der Waals surface area contributed by atoms with Crippen molar-refractivity contribution in [3.63, 3.8) is 0 Å². The Hall–Kier alpha value is -1.42. The number of amides is 1. The Morgan fingerprint density at radius 1 is 1.35 bits per heavy atom. The average molecular weight is 292 g/mol. The molecule has 1 rings (SSSR count). The number of carbonyl (C=O) groups is 1. The SMILES string of the molecule is CCN(CC(C)C(N)=S)C(=O)CCc1ccc(C)cc1. The fourth-order valence-corrected chi connectivity index (χ4v) is 2.07. The first-order valence-corrected chi connectivity index (χ1v) is 7.47. The van der Waals surface area contributed by atoms with Gasteiger partial charge < -0.3 is 10.6 Å². The monoisotopic (exact) mass is 292 g/mol. The zero-order chi connectivity index (χ0) is 15.1. The molecule has 0 bridgehead atoms. The Balaban J connectivity index is 2.51. The summed E-state index contributed by atoms with van der Waals surface area (Å²) in [5.41, 5.74) is 8.05. The predicted octanol–water partition coefficient (Wildman–Crippen LogP) is 2.70. The number of carbonyl (C=O) groups excluding carboxylic acids is 1. The second kappa shape index (κ2) is 8.00. The van der Waals surface area contributed by atoms with Crippen molar-refractivity contribution in [3.05, 3.63) is 35.4 Å². The van der Waals surface area contributed by atoms with E-state index in [2.05, 4.69) is 31.2 Å². The lowest BCUT2D eigenvalue weighted by molar-refractivity contribution is -0.131. The molecule has 0 heterocycles. The molecular weight excluding hydrogens is 268 g/mol. The normalized spacial score (nSPS) is 11.9. The Morgan fingerprint density at radius 2 is 1.95 bits per heavy atom. The minimum absolute atomic E-state index is 0.0632. The first-order valence-electron chi connectivity index (χ1n) is 7.06. The van der Waals surface area contributed by atoms with Crippen molar-refractivity contribution < 1.29 is 4.79 Å². The average Bonchev–Trinajstić information content (AvgIpc) is 2.43. The van der Waals surface area contributed by atoms with Crippen molar-refractivity contribution in [1.29, 1.82) is 0 Å². The Kier molecular flexibility index (Phi) is 6.65. The van der Waals surface area contributed by atoms with Crippen LogP contribution in [0, 0.1) is 12.8 Å². The molecule has 0 fully saturated rings. The van der Waals surface area contributed by atoms with Crippen LogP contribution in [0.5, 0.6) is 0 Å². The van der Waals surface area contributed by atoms with Gasteiger partial charge in [-0.1, -0.05) is 49.0 Å². The molecule has 1 atom stereocenters. The summed E-state index contributed by atoms with van der Waals surface area (Å²) in [5, 5.41) is 0. The summed E-state index contributed by atoms with van der Waals surface area (Å²) in [6, 6.07) is 8.31. The fraction of sp³-hybridized carbons (Fsp3) is 0.500. The van der Waals surface area contributed by atoms with Crippen LogP contribution in [-0.2, 0) is 11.2 Å². The van der Waals surface area contributed by atoms with E-state index in [1.165, 1.54) is 11.1 Å². The number of benzene rings is 1. The number of nitrogens with two attached hydrogens (primary N) is 1. The molecule has 1 aromatic carbocycles. The third-order valence-corrected chi connectivity index (χ3v) is 3.86. The molecule has 0 aromatic heterocycles. The quantitative estimate of drug-likeness (QED) is 0.786. The first-order chi connectivity index (χ1) is 9.43. The predicted molar refractivity (Wildman–Crippen MR) is 87.7 cm³/mol. The summed E-state index contributed by atoms with van der Waals surface area (Å²) >= 11 is 4.96. The van der Waals surface area contributed by atoms with Crippen LogP contribution in [0.4, 0.5) is 0 Å². The fourth-order valence-electron chi connectivity index (χ4n) is 1.99. The van der Waals surface area contributed by atoms with Gasteiger partial charge in [0.1, 0.15) is 0 Å². The van der Waals surface area contributed by atoms with E-state index in [0.29, 0.717) is 24.5 Å². The number of hydrogen-bond donors (Lipinski definition) is 1.